The molecule has 1 amide bonds. The molecule has 0 aliphatic carbocycles. The van der Waals surface area contributed by atoms with Crippen LogP contribution in [0.1, 0.15) is 179 Å². The van der Waals surface area contributed by atoms with Crippen LogP contribution in [0.4, 0.5) is 0 Å². The van der Waals surface area contributed by atoms with Gasteiger partial charge in [0.05, 0.1) is 0 Å². The molecule has 0 spiro atoms. The lowest BCUT2D eigenvalue weighted by atomic mass is 10.0. The number of aromatic amines is 1. The molecule has 0 atom stereocenters. The lowest BCUT2D eigenvalue weighted by Gasteiger charge is -2.06. The molecule has 2 rings (SSSR count). The smallest absolute Gasteiger partial charge is 0.220 e. The quantitative estimate of drug-likeness (QED) is 0.0687. The van der Waals surface area contributed by atoms with Crippen LogP contribution in [0.2, 0.25) is 0 Å². The minimum absolute atomic E-state index is 0.206. The van der Waals surface area contributed by atoms with Gasteiger partial charge in [-0.1, -0.05) is 172 Å². The van der Waals surface area contributed by atoms with Crippen molar-refractivity contribution >= 4 is 16.8 Å². The number of H-pyrrole nitrogens is 1. The maximum absolute atomic E-state index is 12.2. The molecule has 2 aromatic rings. The van der Waals surface area contributed by atoms with Crippen LogP contribution in [0, 0.1) is 0 Å². The Morgan fingerprint density at radius 1 is 0.628 bits per heavy atom. The second-order valence-electron chi connectivity index (χ2n) is 13.0. The third kappa shape index (κ3) is 20.5. The predicted octanol–water partition coefficient (Wildman–Crippen LogP) is 12.5. The molecule has 0 bridgehead atoms. The van der Waals surface area contributed by atoms with E-state index >= 15 is 0 Å². The minimum Gasteiger partial charge on any atom is -0.361 e. The highest BCUT2D eigenvalue weighted by atomic mass is 16.1. The summed E-state index contributed by atoms with van der Waals surface area (Å²) in [6.45, 7) is 2.99. The summed E-state index contributed by atoms with van der Waals surface area (Å²) >= 11 is 0. The molecule has 3 nitrogen and oxygen atoms in total. The maximum Gasteiger partial charge on any atom is 0.220 e. The molecule has 0 fully saturated rings. The van der Waals surface area contributed by atoms with Crippen molar-refractivity contribution in [2.75, 3.05) is 6.54 Å². The molecule has 43 heavy (non-hydrogen) atoms. The number of fused-ring (bicyclic) bond motifs is 1. The number of aromatic nitrogens is 1. The number of carbonyl (C=O) groups excluding carboxylic acids is 1. The van der Waals surface area contributed by atoms with Gasteiger partial charge in [0.15, 0.2) is 0 Å². The van der Waals surface area contributed by atoms with Gasteiger partial charge in [-0.2, -0.15) is 0 Å². The van der Waals surface area contributed by atoms with Crippen molar-refractivity contribution < 1.29 is 4.79 Å². The number of benzene rings is 1. The molecule has 1 aromatic heterocycles. The van der Waals surface area contributed by atoms with Gasteiger partial charge in [0.25, 0.3) is 0 Å². The van der Waals surface area contributed by atoms with Gasteiger partial charge in [-0.25, -0.2) is 0 Å². The summed E-state index contributed by atoms with van der Waals surface area (Å²) in [5.74, 6) is 0.206. The highest BCUT2D eigenvalue weighted by molar-refractivity contribution is 5.83. The highest BCUT2D eigenvalue weighted by Gasteiger charge is 2.05. The fraction of sp³-hybridized carbons (Fsp3) is 0.725. The molecule has 0 aliphatic heterocycles. The number of para-hydroxylation sites is 1. The van der Waals surface area contributed by atoms with Gasteiger partial charge in [-0.05, 0) is 43.7 Å². The number of hydrogen-bond acceptors (Lipinski definition) is 1. The third-order valence-corrected chi connectivity index (χ3v) is 9.06. The number of carbonyl (C=O) groups is 1. The molecule has 3 heteroatoms. The normalized spacial score (nSPS) is 11.7. The second-order valence-corrected chi connectivity index (χ2v) is 13.0. The number of allylic oxidation sites excluding steroid dienone is 2. The molecule has 1 heterocycles. The first-order chi connectivity index (χ1) is 21.3. The first kappa shape index (κ1) is 37.2. The highest BCUT2D eigenvalue weighted by Crippen LogP contribution is 2.18. The first-order valence-corrected chi connectivity index (χ1v) is 18.8. The predicted molar refractivity (Wildman–Crippen MR) is 190 cm³/mol. The Balaban J connectivity index is 1.21. The fourth-order valence-corrected chi connectivity index (χ4v) is 6.23. The van der Waals surface area contributed by atoms with E-state index in [4.69, 9.17) is 0 Å². The number of unbranched alkanes of at least 4 members (excludes halogenated alkanes) is 23. The van der Waals surface area contributed by atoms with E-state index in [2.05, 4.69) is 53.8 Å². The molecule has 244 valence electrons. The van der Waals surface area contributed by atoms with Crippen molar-refractivity contribution in [1.82, 2.24) is 10.3 Å². The van der Waals surface area contributed by atoms with Gasteiger partial charge in [0.1, 0.15) is 0 Å². The summed E-state index contributed by atoms with van der Waals surface area (Å²) in [6.07, 6.45) is 42.8. The van der Waals surface area contributed by atoms with E-state index in [1.54, 1.807) is 0 Å². The van der Waals surface area contributed by atoms with Gasteiger partial charge in [0, 0.05) is 30.1 Å². The number of amides is 1. The zero-order valence-electron chi connectivity index (χ0n) is 28.2. The van der Waals surface area contributed by atoms with Gasteiger partial charge in [0.2, 0.25) is 5.91 Å². The zero-order chi connectivity index (χ0) is 30.5. The average Bonchev–Trinajstić information content (AvgIpc) is 3.43. The van der Waals surface area contributed by atoms with E-state index in [1.807, 2.05) is 6.07 Å². The van der Waals surface area contributed by atoms with E-state index in [9.17, 15) is 4.79 Å². The first-order valence-electron chi connectivity index (χ1n) is 18.8. The maximum atomic E-state index is 12.2. The number of hydrogen-bond donors (Lipinski definition) is 2. The van der Waals surface area contributed by atoms with Crippen LogP contribution in [0.15, 0.2) is 42.6 Å². The summed E-state index contributed by atoms with van der Waals surface area (Å²) in [4.78, 5) is 15.5. The van der Waals surface area contributed by atoms with E-state index in [0.717, 1.165) is 19.4 Å². The molecule has 1 aromatic carbocycles. The Bertz CT molecular complexity index is 929. The number of rotatable bonds is 30. The molecule has 2 N–H and O–H groups in total. The standard InChI is InChI=1S/C40H68N2O/c1-2-3-4-5-6-7-8-9-10-11-12-13-14-15-16-17-18-19-20-21-22-23-24-25-26-27-28-33-40(43)41-35-34-37-36-42-39-32-30-29-31-38(37)39/h5-6,29-32,36,42H,2-4,7-28,33-35H2,1H3,(H,41,43). The van der Waals surface area contributed by atoms with Crippen molar-refractivity contribution in [1.29, 1.82) is 0 Å². The van der Waals surface area contributed by atoms with Crippen LogP contribution in [0.5, 0.6) is 0 Å². The van der Waals surface area contributed by atoms with Crippen LogP contribution >= 0.6 is 0 Å². The Kier molecular flexibility index (Phi) is 23.8. The van der Waals surface area contributed by atoms with Crippen molar-refractivity contribution in [2.45, 2.75) is 180 Å². The molecular weight excluding hydrogens is 524 g/mol. The van der Waals surface area contributed by atoms with Gasteiger partial charge in [-0.3, -0.25) is 4.79 Å². The van der Waals surface area contributed by atoms with Crippen LogP contribution in [-0.2, 0) is 11.2 Å². The third-order valence-electron chi connectivity index (χ3n) is 9.06. The fourth-order valence-electron chi connectivity index (χ4n) is 6.23. The van der Waals surface area contributed by atoms with Gasteiger partial charge < -0.3 is 10.3 Å². The van der Waals surface area contributed by atoms with Crippen molar-refractivity contribution in [2.24, 2.45) is 0 Å². The topological polar surface area (TPSA) is 44.9 Å². The van der Waals surface area contributed by atoms with Crippen LogP contribution in [0.3, 0.4) is 0 Å². The van der Waals surface area contributed by atoms with Crippen LogP contribution < -0.4 is 5.32 Å². The molecule has 0 saturated heterocycles. The van der Waals surface area contributed by atoms with E-state index in [1.165, 1.54) is 171 Å². The van der Waals surface area contributed by atoms with Gasteiger partial charge in [-0.15, -0.1) is 0 Å². The van der Waals surface area contributed by atoms with E-state index in [-0.39, 0.29) is 5.91 Å². The number of nitrogens with one attached hydrogen (secondary N) is 2. The van der Waals surface area contributed by atoms with Crippen molar-refractivity contribution in [3.05, 3.63) is 48.2 Å². The van der Waals surface area contributed by atoms with Gasteiger partial charge >= 0.3 is 0 Å². The van der Waals surface area contributed by atoms with Crippen LogP contribution in [0.25, 0.3) is 10.9 Å². The monoisotopic (exact) mass is 593 g/mol. The summed E-state index contributed by atoms with van der Waals surface area (Å²) in [7, 11) is 0. The second kappa shape index (κ2) is 27.5. The summed E-state index contributed by atoms with van der Waals surface area (Å²) in [6, 6.07) is 8.36. The minimum atomic E-state index is 0.206. The van der Waals surface area contributed by atoms with Crippen molar-refractivity contribution in [3.8, 4) is 0 Å². The molecule has 0 radical (unpaired) electrons. The molecule has 0 saturated carbocycles. The summed E-state index contributed by atoms with van der Waals surface area (Å²) < 4.78 is 0. The average molecular weight is 593 g/mol. The lowest BCUT2D eigenvalue weighted by molar-refractivity contribution is -0.121. The Morgan fingerprint density at radius 2 is 1.09 bits per heavy atom. The largest absolute Gasteiger partial charge is 0.361 e. The van der Waals surface area contributed by atoms with E-state index < -0.39 is 0 Å². The SMILES string of the molecule is CCCCC=CCCCCCCCCCCCCCCCCCCCCCCCC(=O)NCCc1c[nH]c2ccccc12. The van der Waals surface area contributed by atoms with Crippen LogP contribution in [-0.4, -0.2) is 17.4 Å². The molecule has 0 aliphatic rings. The molecular formula is C40H68N2O. The van der Waals surface area contributed by atoms with Crippen molar-refractivity contribution in [3.63, 3.8) is 0 Å². The lowest BCUT2D eigenvalue weighted by Crippen LogP contribution is -2.25. The van der Waals surface area contributed by atoms with E-state index in [0.29, 0.717) is 6.42 Å². The zero-order valence-corrected chi connectivity index (χ0v) is 28.2. The molecule has 0 unspecified atom stereocenters. The summed E-state index contributed by atoms with van der Waals surface area (Å²) in [5, 5.41) is 4.37. The Hall–Kier alpha value is -2.03. The Morgan fingerprint density at radius 3 is 1.63 bits per heavy atom. The summed E-state index contributed by atoms with van der Waals surface area (Å²) in [5.41, 5.74) is 2.45. The Labute approximate surface area is 266 Å².